The van der Waals surface area contributed by atoms with Crippen molar-refractivity contribution in [3.05, 3.63) is 34.9 Å². The standard InChI is InChI=1S/C12H13ClN2O/c1-2-11(7-8-14)15-12(16)9-3-5-10(13)6-4-9/h3-6,11H,2,7H2,1H3,(H,15,16). The fourth-order valence-electron chi connectivity index (χ4n) is 1.28. The number of hydrogen-bond acceptors (Lipinski definition) is 2. The van der Waals surface area contributed by atoms with Gasteiger partial charge in [0.15, 0.2) is 0 Å². The number of nitriles is 1. The lowest BCUT2D eigenvalue weighted by Crippen LogP contribution is -2.34. The third-order valence-electron chi connectivity index (χ3n) is 2.27. The number of rotatable bonds is 4. The summed E-state index contributed by atoms with van der Waals surface area (Å²) in [5, 5.41) is 12.0. The number of benzene rings is 1. The van der Waals surface area contributed by atoms with Crippen LogP contribution in [0.1, 0.15) is 30.1 Å². The zero-order valence-corrected chi connectivity index (χ0v) is 9.79. The molecule has 1 N–H and O–H groups in total. The van der Waals surface area contributed by atoms with Gasteiger partial charge in [-0.3, -0.25) is 4.79 Å². The molecule has 0 aliphatic heterocycles. The molecule has 1 rings (SSSR count). The van der Waals surface area contributed by atoms with Crippen LogP contribution in [0.25, 0.3) is 0 Å². The molecule has 1 atom stereocenters. The van der Waals surface area contributed by atoms with E-state index in [-0.39, 0.29) is 11.9 Å². The zero-order chi connectivity index (χ0) is 12.0. The highest BCUT2D eigenvalue weighted by Gasteiger charge is 2.11. The van der Waals surface area contributed by atoms with E-state index < -0.39 is 0 Å². The molecule has 1 amide bonds. The van der Waals surface area contributed by atoms with Gasteiger partial charge in [0.2, 0.25) is 0 Å². The first-order valence-electron chi connectivity index (χ1n) is 5.10. The Kier molecular flexibility index (Phi) is 4.81. The molecule has 0 heterocycles. The summed E-state index contributed by atoms with van der Waals surface area (Å²) in [5.74, 6) is -0.168. The Morgan fingerprint density at radius 2 is 2.12 bits per heavy atom. The van der Waals surface area contributed by atoms with Crippen LogP contribution < -0.4 is 5.32 Å². The van der Waals surface area contributed by atoms with Gasteiger partial charge in [-0.2, -0.15) is 5.26 Å². The van der Waals surface area contributed by atoms with Crippen molar-refractivity contribution in [2.75, 3.05) is 0 Å². The van der Waals surface area contributed by atoms with E-state index in [0.29, 0.717) is 17.0 Å². The van der Waals surface area contributed by atoms with E-state index in [4.69, 9.17) is 16.9 Å². The molecule has 3 nitrogen and oxygen atoms in total. The maximum Gasteiger partial charge on any atom is 0.251 e. The van der Waals surface area contributed by atoms with Crippen LogP contribution in [0.3, 0.4) is 0 Å². The first kappa shape index (κ1) is 12.5. The van der Waals surface area contributed by atoms with Crippen molar-refractivity contribution in [1.82, 2.24) is 5.32 Å². The van der Waals surface area contributed by atoms with E-state index in [2.05, 4.69) is 5.32 Å². The van der Waals surface area contributed by atoms with Gasteiger partial charge in [-0.1, -0.05) is 18.5 Å². The maximum absolute atomic E-state index is 11.7. The average Bonchev–Trinajstić information content (AvgIpc) is 2.29. The lowest BCUT2D eigenvalue weighted by atomic mass is 10.1. The Bertz CT molecular complexity index is 394. The monoisotopic (exact) mass is 236 g/mol. The number of nitrogens with zero attached hydrogens (tertiary/aromatic N) is 1. The van der Waals surface area contributed by atoms with Crippen molar-refractivity contribution in [3.8, 4) is 6.07 Å². The number of carbonyl (C=O) groups is 1. The van der Waals surface area contributed by atoms with Crippen molar-refractivity contribution < 1.29 is 4.79 Å². The third kappa shape index (κ3) is 3.56. The minimum absolute atomic E-state index is 0.0896. The fraction of sp³-hybridized carbons (Fsp3) is 0.333. The highest BCUT2D eigenvalue weighted by Crippen LogP contribution is 2.10. The molecule has 0 radical (unpaired) electrons. The topological polar surface area (TPSA) is 52.9 Å². The Morgan fingerprint density at radius 3 is 2.62 bits per heavy atom. The number of nitrogens with one attached hydrogen (secondary N) is 1. The molecule has 0 aliphatic rings. The number of halogens is 1. The summed E-state index contributed by atoms with van der Waals surface area (Å²) in [6, 6.07) is 8.62. The summed E-state index contributed by atoms with van der Waals surface area (Å²) in [7, 11) is 0. The highest BCUT2D eigenvalue weighted by molar-refractivity contribution is 6.30. The van der Waals surface area contributed by atoms with Gasteiger partial charge in [-0.25, -0.2) is 0 Å². The zero-order valence-electron chi connectivity index (χ0n) is 9.03. The molecule has 0 fully saturated rings. The minimum atomic E-state index is -0.168. The molecule has 0 spiro atoms. The van der Waals surface area contributed by atoms with Crippen LogP contribution in [0.4, 0.5) is 0 Å². The second-order valence-electron chi connectivity index (χ2n) is 3.45. The Morgan fingerprint density at radius 1 is 1.50 bits per heavy atom. The lowest BCUT2D eigenvalue weighted by molar-refractivity contribution is 0.0936. The van der Waals surface area contributed by atoms with Crippen LogP contribution in [0.2, 0.25) is 5.02 Å². The quantitative estimate of drug-likeness (QED) is 0.874. The van der Waals surface area contributed by atoms with Gasteiger partial charge >= 0.3 is 0 Å². The first-order valence-corrected chi connectivity index (χ1v) is 5.48. The third-order valence-corrected chi connectivity index (χ3v) is 2.52. The Balaban J connectivity index is 2.65. The van der Waals surface area contributed by atoms with Gasteiger partial charge in [0.1, 0.15) is 0 Å². The van der Waals surface area contributed by atoms with Crippen LogP contribution in [0.5, 0.6) is 0 Å². The van der Waals surface area contributed by atoms with Gasteiger partial charge in [0, 0.05) is 16.6 Å². The SMILES string of the molecule is CCC(CC#N)NC(=O)c1ccc(Cl)cc1. The molecular weight excluding hydrogens is 224 g/mol. The molecule has 0 saturated carbocycles. The number of hydrogen-bond donors (Lipinski definition) is 1. The normalized spacial score (nSPS) is 11.6. The predicted octanol–water partition coefficient (Wildman–Crippen LogP) is 2.76. The summed E-state index contributed by atoms with van der Waals surface area (Å²) < 4.78 is 0. The molecule has 0 saturated heterocycles. The number of carbonyl (C=O) groups excluding carboxylic acids is 1. The fourth-order valence-corrected chi connectivity index (χ4v) is 1.40. The van der Waals surface area contributed by atoms with Crippen molar-refractivity contribution in [1.29, 1.82) is 5.26 Å². The molecular formula is C12H13ClN2O. The van der Waals surface area contributed by atoms with Crippen molar-refractivity contribution in [3.63, 3.8) is 0 Å². The molecule has 84 valence electrons. The van der Waals surface area contributed by atoms with Crippen molar-refractivity contribution >= 4 is 17.5 Å². The van der Waals surface area contributed by atoms with Crippen LogP contribution in [-0.4, -0.2) is 11.9 Å². The predicted molar refractivity (Wildman–Crippen MR) is 63.2 cm³/mol. The molecule has 4 heteroatoms. The molecule has 1 aromatic carbocycles. The molecule has 1 aromatic rings. The summed E-state index contributed by atoms with van der Waals surface area (Å²) in [4.78, 5) is 11.7. The molecule has 0 aliphatic carbocycles. The summed E-state index contributed by atoms with van der Waals surface area (Å²) in [6.07, 6.45) is 1.07. The van der Waals surface area contributed by atoms with E-state index in [9.17, 15) is 4.79 Å². The van der Waals surface area contributed by atoms with Gasteiger partial charge < -0.3 is 5.32 Å². The van der Waals surface area contributed by atoms with Gasteiger partial charge in [0.05, 0.1) is 12.5 Å². The van der Waals surface area contributed by atoms with Crippen LogP contribution in [0.15, 0.2) is 24.3 Å². The van der Waals surface area contributed by atoms with Crippen molar-refractivity contribution in [2.45, 2.75) is 25.8 Å². The Labute approximate surface area is 100 Å². The molecule has 0 aromatic heterocycles. The van der Waals surface area contributed by atoms with E-state index >= 15 is 0 Å². The van der Waals surface area contributed by atoms with Gasteiger partial charge in [0.25, 0.3) is 5.91 Å². The molecule has 1 unspecified atom stereocenters. The summed E-state index contributed by atoms with van der Waals surface area (Å²) >= 11 is 5.72. The van der Waals surface area contributed by atoms with Gasteiger partial charge in [-0.15, -0.1) is 0 Å². The van der Waals surface area contributed by atoms with Crippen LogP contribution in [-0.2, 0) is 0 Å². The van der Waals surface area contributed by atoms with E-state index in [1.807, 2.05) is 13.0 Å². The van der Waals surface area contributed by atoms with Crippen LogP contribution in [0, 0.1) is 11.3 Å². The van der Waals surface area contributed by atoms with E-state index in [1.54, 1.807) is 24.3 Å². The largest absolute Gasteiger partial charge is 0.348 e. The molecule has 16 heavy (non-hydrogen) atoms. The summed E-state index contributed by atoms with van der Waals surface area (Å²) in [5.41, 5.74) is 0.556. The summed E-state index contributed by atoms with van der Waals surface area (Å²) in [6.45, 7) is 1.93. The smallest absolute Gasteiger partial charge is 0.251 e. The highest BCUT2D eigenvalue weighted by atomic mass is 35.5. The van der Waals surface area contributed by atoms with E-state index in [0.717, 1.165) is 6.42 Å². The second kappa shape index (κ2) is 6.14. The average molecular weight is 237 g/mol. The number of amides is 1. The maximum atomic E-state index is 11.7. The van der Waals surface area contributed by atoms with Crippen molar-refractivity contribution in [2.24, 2.45) is 0 Å². The lowest BCUT2D eigenvalue weighted by Gasteiger charge is -2.13. The molecule has 0 bridgehead atoms. The minimum Gasteiger partial charge on any atom is -0.348 e. The first-order chi connectivity index (χ1) is 7.67. The van der Waals surface area contributed by atoms with Crippen LogP contribution >= 0.6 is 11.6 Å². The Hall–Kier alpha value is -1.53. The second-order valence-corrected chi connectivity index (χ2v) is 3.88. The van der Waals surface area contributed by atoms with Gasteiger partial charge in [-0.05, 0) is 30.7 Å². The van der Waals surface area contributed by atoms with E-state index in [1.165, 1.54) is 0 Å².